The minimum atomic E-state index is -0.00835. The summed E-state index contributed by atoms with van der Waals surface area (Å²) in [5, 5.41) is 8.36. The molecule has 164 valence electrons. The van der Waals surface area contributed by atoms with Crippen molar-refractivity contribution >= 4 is 57.3 Å². The number of piperazine rings is 1. The Labute approximate surface area is 199 Å². The van der Waals surface area contributed by atoms with Crippen LogP contribution in [0.5, 0.6) is 0 Å². The highest BCUT2D eigenvalue weighted by Gasteiger charge is 2.26. The van der Waals surface area contributed by atoms with Gasteiger partial charge in [0.2, 0.25) is 0 Å². The second-order valence-corrected chi connectivity index (χ2v) is 9.54. The van der Waals surface area contributed by atoms with E-state index >= 15 is 0 Å². The van der Waals surface area contributed by atoms with E-state index in [-0.39, 0.29) is 5.91 Å². The lowest BCUT2D eigenvalue weighted by atomic mass is 10.1. The molecular weight excluding hydrogens is 467 g/mol. The molecule has 32 heavy (non-hydrogen) atoms. The number of thiophene rings is 1. The minimum absolute atomic E-state index is 0.00835. The minimum Gasteiger partial charge on any atom is -0.352 e. The summed E-state index contributed by atoms with van der Waals surface area (Å²) < 4.78 is 1.86. The van der Waals surface area contributed by atoms with E-state index in [0.29, 0.717) is 54.2 Å². The van der Waals surface area contributed by atoms with Crippen molar-refractivity contribution in [1.82, 2.24) is 24.6 Å². The van der Waals surface area contributed by atoms with Crippen molar-refractivity contribution in [3.63, 3.8) is 0 Å². The summed E-state index contributed by atoms with van der Waals surface area (Å²) in [6.07, 6.45) is 3.33. The quantitative estimate of drug-likeness (QED) is 0.424. The van der Waals surface area contributed by atoms with Gasteiger partial charge in [0.15, 0.2) is 5.65 Å². The summed E-state index contributed by atoms with van der Waals surface area (Å²) in [6.45, 7) is 4.98. The first kappa shape index (κ1) is 21.2. The van der Waals surface area contributed by atoms with E-state index in [0.717, 1.165) is 16.7 Å². The van der Waals surface area contributed by atoms with Crippen molar-refractivity contribution in [2.75, 3.05) is 31.1 Å². The maximum atomic E-state index is 13.4. The molecule has 1 saturated heterocycles. The second-order valence-electron chi connectivity index (χ2n) is 7.67. The van der Waals surface area contributed by atoms with Gasteiger partial charge < -0.3 is 9.80 Å². The van der Waals surface area contributed by atoms with E-state index in [1.165, 1.54) is 4.88 Å². The molecule has 0 aromatic carbocycles. The van der Waals surface area contributed by atoms with Crippen LogP contribution in [0.2, 0.25) is 10.0 Å². The van der Waals surface area contributed by atoms with Crippen LogP contribution in [-0.2, 0) is 6.54 Å². The van der Waals surface area contributed by atoms with E-state index in [4.69, 9.17) is 23.2 Å². The Bertz CT molecular complexity index is 1280. The highest BCUT2D eigenvalue weighted by molar-refractivity contribution is 7.09. The number of halogens is 2. The molecule has 0 atom stereocenters. The van der Waals surface area contributed by atoms with E-state index in [1.54, 1.807) is 29.8 Å². The molecule has 5 rings (SSSR count). The zero-order valence-electron chi connectivity index (χ0n) is 17.3. The number of hydrogen-bond donors (Lipinski definition) is 0. The molecule has 0 N–H and O–H groups in total. The summed E-state index contributed by atoms with van der Waals surface area (Å²) in [6, 6.07) is 7.63. The Balaban J connectivity index is 1.36. The number of hydrogen-bond acceptors (Lipinski definition) is 6. The molecule has 10 heteroatoms. The smallest absolute Gasteiger partial charge is 0.254 e. The van der Waals surface area contributed by atoms with Crippen LogP contribution in [0.3, 0.4) is 0 Å². The number of aryl methyl sites for hydroxylation is 1. The first-order valence-electron chi connectivity index (χ1n) is 10.2. The Kier molecular flexibility index (Phi) is 5.75. The van der Waals surface area contributed by atoms with Gasteiger partial charge in [0.25, 0.3) is 5.91 Å². The van der Waals surface area contributed by atoms with E-state index in [2.05, 4.69) is 26.0 Å². The summed E-state index contributed by atoms with van der Waals surface area (Å²) in [7, 11) is 0. The second kappa shape index (κ2) is 8.69. The molecule has 0 radical (unpaired) electrons. The van der Waals surface area contributed by atoms with Crippen molar-refractivity contribution in [3.05, 3.63) is 68.2 Å². The number of nitrogens with zero attached hydrogens (tertiary/aromatic N) is 6. The number of rotatable bonds is 4. The van der Waals surface area contributed by atoms with E-state index in [9.17, 15) is 4.79 Å². The number of pyridine rings is 2. The van der Waals surface area contributed by atoms with Crippen molar-refractivity contribution in [3.8, 4) is 0 Å². The molecule has 1 aliphatic heterocycles. The van der Waals surface area contributed by atoms with Crippen molar-refractivity contribution in [1.29, 1.82) is 0 Å². The van der Waals surface area contributed by atoms with Crippen LogP contribution in [-0.4, -0.2) is 56.7 Å². The number of aromatic nitrogens is 4. The molecule has 4 aromatic heterocycles. The maximum Gasteiger partial charge on any atom is 0.254 e. The van der Waals surface area contributed by atoms with Gasteiger partial charge in [-0.2, -0.15) is 5.10 Å². The molecule has 1 fully saturated rings. The van der Waals surface area contributed by atoms with Gasteiger partial charge >= 0.3 is 0 Å². The molecule has 0 bridgehead atoms. The SMILES string of the molecule is Cc1cc(C(=O)N2CCN(c3ncc(Cl)cc3Cl)CC2)c2cnn(Cc3cccs3)c2n1. The fourth-order valence-corrected chi connectivity index (χ4v) is 5.13. The molecule has 0 aliphatic carbocycles. The Morgan fingerprint density at radius 2 is 1.97 bits per heavy atom. The summed E-state index contributed by atoms with van der Waals surface area (Å²) >= 11 is 13.9. The van der Waals surface area contributed by atoms with Crippen LogP contribution in [0.4, 0.5) is 5.82 Å². The Morgan fingerprint density at radius 3 is 2.69 bits per heavy atom. The van der Waals surface area contributed by atoms with Gasteiger partial charge in [-0.1, -0.05) is 29.3 Å². The van der Waals surface area contributed by atoms with Gasteiger partial charge in [0.1, 0.15) is 5.82 Å². The standard InChI is InChI=1S/C22H20Cl2N6OS/c1-14-9-17(18-12-26-30(20(18)27-14)13-16-3-2-8-32-16)22(31)29-6-4-28(5-7-29)21-19(24)10-15(23)11-25-21/h2-3,8-12H,4-7,13H2,1H3. The average Bonchev–Trinajstić information content (AvgIpc) is 3.44. The Hall–Kier alpha value is -2.68. The topological polar surface area (TPSA) is 67.2 Å². The lowest BCUT2D eigenvalue weighted by molar-refractivity contribution is 0.0748. The number of fused-ring (bicyclic) bond motifs is 1. The Morgan fingerprint density at radius 1 is 1.16 bits per heavy atom. The predicted octanol–water partition coefficient (Wildman–Crippen LogP) is 4.51. The third-order valence-electron chi connectivity index (χ3n) is 5.51. The van der Waals surface area contributed by atoms with Gasteiger partial charge in [-0.05, 0) is 30.5 Å². The van der Waals surface area contributed by atoms with Gasteiger partial charge in [-0.25, -0.2) is 14.6 Å². The number of carbonyl (C=O) groups excluding carboxylic acids is 1. The number of anilines is 1. The lowest BCUT2D eigenvalue weighted by Crippen LogP contribution is -2.49. The summed E-state index contributed by atoms with van der Waals surface area (Å²) in [5.41, 5.74) is 2.17. The zero-order valence-corrected chi connectivity index (χ0v) is 19.7. The van der Waals surface area contributed by atoms with Gasteiger partial charge in [0, 0.05) is 42.9 Å². The molecule has 7 nitrogen and oxygen atoms in total. The van der Waals surface area contributed by atoms with E-state index < -0.39 is 0 Å². The van der Waals surface area contributed by atoms with E-state index in [1.807, 2.05) is 34.0 Å². The zero-order chi connectivity index (χ0) is 22.2. The molecule has 1 amide bonds. The number of amides is 1. The average molecular weight is 487 g/mol. The van der Waals surface area contributed by atoms with Crippen LogP contribution in [0.15, 0.2) is 42.0 Å². The van der Waals surface area contributed by atoms with Crippen molar-refractivity contribution in [2.24, 2.45) is 0 Å². The monoisotopic (exact) mass is 486 g/mol. The first-order chi connectivity index (χ1) is 15.5. The van der Waals surface area contributed by atoms with Crippen LogP contribution >= 0.6 is 34.5 Å². The van der Waals surface area contributed by atoms with Crippen molar-refractivity contribution < 1.29 is 4.79 Å². The fourth-order valence-electron chi connectivity index (χ4n) is 3.95. The fraction of sp³-hybridized carbons (Fsp3) is 0.273. The van der Waals surface area contributed by atoms with Gasteiger partial charge in [-0.3, -0.25) is 4.79 Å². The van der Waals surface area contributed by atoms with Gasteiger partial charge in [0.05, 0.1) is 33.7 Å². The maximum absolute atomic E-state index is 13.4. The molecule has 1 aliphatic rings. The number of carbonyl (C=O) groups is 1. The lowest BCUT2D eigenvalue weighted by Gasteiger charge is -2.35. The highest BCUT2D eigenvalue weighted by Crippen LogP contribution is 2.28. The summed E-state index contributed by atoms with van der Waals surface area (Å²) in [4.78, 5) is 27.6. The molecule has 4 aromatic rings. The summed E-state index contributed by atoms with van der Waals surface area (Å²) in [5.74, 6) is 0.686. The molecule has 5 heterocycles. The predicted molar refractivity (Wildman–Crippen MR) is 128 cm³/mol. The van der Waals surface area contributed by atoms with Crippen LogP contribution in [0.25, 0.3) is 11.0 Å². The first-order valence-corrected chi connectivity index (χ1v) is 11.8. The molecule has 0 spiro atoms. The third kappa shape index (κ3) is 4.05. The third-order valence-corrected chi connectivity index (χ3v) is 6.85. The van der Waals surface area contributed by atoms with Crippen LogP contribution < -0.4 is 4.90 Å². The molecule has 0 saturated carbocycles. The van der Waals surface area contributed by atoms with Gasteiger partial charge in [-0.15, -0.1) is 11.3 Å². The van der Waals surface area contributed by atoms with Crippen molar-refractivity contribution in [2.45, 2.75) is 13.5 Å². The highest BCUT2D eigenvalue weighted by atomic mass is 35.5. The largest absolute Gasteiger partial charge is 0.352 e. The van der Waals surface area contributed by atoms with Crippen LogP contribution in [0, 0.1) is 6.92 Å². The van der Waals surface area contributed by atoms with Crippen LogP contribution in [0.1, 0.15) is 20.9 Å². The normalized spacial score (nSPS) is 14.3. The molecule has 0 unspecified atom stereocenters. The molecular formula is C22H20Cl2N6OS.